The SMILES string of the molecule is CC1CCN(Cc2nnnn2CC(=O)N2CCC[C@H]2c2nccs2)CC1. The van der Waals surface area contributed by atoms with Gasteiger partial charge in [-0.1, -0.05) is 6.92 Å². The molecule has 0 bridgehead atoms. The van der Waals surface area contributed by atoms with E-state index in [1.165, 1.54) is 12.8 Å². The molecule has 0 aliphatic carbocycles. The number of carbonyl (C=O) groups is 1. The van der Waals surface area contributed by atoms with E-state index in [9.17, 15) is 4.79 Å². The summed E-state index contributed by atoms with van der Waals surface area (Å²) in [6.45, 7) is 6.14. The van der Waals surface area contributed by atoms with Crippen LogP contribution in [-0.2, 0) is 17.9 Å². The Morgan fingerprint density at radius 3 is 2.88 bits per heavy atom. The summed E-state index contributed by atoms with van der Waals surface area (Å²) in [5.74, 6) is 1.64. The Kier molecular flexibility index (Phi) is 5.26. The molecule has 2 fully saturated rings. The van der Waals surface area contributed by atoms with Crippen LogP contribution in [0.4, 0.5) is 0 Å². The van der Waals surface area contributed by atoms with Crippen molar-refractivity contribution in [2.45, 2.75) is 51.7 Å². The van der Waals surface area contributed by atoms with Gasteiger partial charge in [-0.15, -0.1) is 16.4 Å². The Morgan fingerprint density at radius 2 is 2.12 bits per heavy atom. The van der Waals surface area contributed by atoms with Crippen LogP contribution in [-0.4, -0.2) is 60.5 Å². The maximum atomic E-state index is 12.9. The number of tetrazole rings is 1. The highest BCUT2D eigenvalue weighted by Crippen LogP contribution is 2.33. The zero-order valence-corrected chi connectivity index (χ0v) is 15.9. The van der Waals surface area contributed by atoms with E-state index in [2.05, 4.69) is 32.3 Å². The first-order chi connectivity index (χ1) is 12.7. The maximum absolute atomic E-state index is 12.9. The van der Waals surface area contributed by atoms with Crippen LogP contribution in [0.2, 0.25) is 0 Å². The second-order valence-corrected chi connectivity index (χ2v) is 8.25. The van der Waals surface area contributed by atoms with Crippen LogP contribution in [0, 0.1) is 5.92 Å². The predicted octanol–water partition coefficient (Wildman–Crippen LogP) is 1.73. The number of thiazole rings is 1. The summed E-state index contributed by atoms with van der Waals surface area (Å²) in [5.41, 5.74) is 0. The van der Waals surface area contributed by atoms with Crippen LogP contribution in [0.3, 0.4) is 0 Å². The van der Waals surface area contributed by atoms with Gasteiger partial charge in [0.15, 0.2) is 5.82 Å². The number of nitrogens with zero attached hydrogens (tertiary/aromatic N) is 7. The molecule has 0 radical (unpaired) electrons. The Bertz CT molecular complexity index is 723. The highest BCUT2D eigenvalue weighted by Gasteiger charge is 2.32. The average molecular weight is 376 g/mol. The lowest BCUT2D eigenvalue weighted by molar-refractivity contribution is -0.133. The van der Waals surface area contributed by atoms with Gasteiger partial charge in [0.1, 0.15) is 11.6 Å². The van der Waals surface area contributed by atoms with E-state index in [-0.39, 0.29) is 18.5 Å². The third kappa shape index (κ3) is 3.78. The summed E-state index contributed by atoms with van der Waals surface area (Å²) in [5, 5.41) is 15.0. The fourth-order valence-electron chi connectivity index (χ4n) is 3.82. The average Bonchev–Trinajstić information content (AvgIpc) is 3.38. The van der Waals surface area contributed by atoms with Crippen molar-refractivity contribution in [2.24, 2.45) is 5.92 Å². The first-order valence-corrected chi connectivity index (χ1v) is 10.2. The van der Waals surface area contributed by atoms with E-state index >= 15 is 0 Å². The molecule has 2 aliphatic rings. The van der Waals surface area contributed by atoms with Gasteiger partial charge in [-0.05, 0) is 55.1 Å². The third-order valence-corrected chi connectivity index (χ3v) is 6.32. The molecule has 2 aromatic heterocycles. The summed E-state index contributed by atoms with van der Waals surface area (Å²) in [4.78, 5) is 21.6. The van der Waals surface area contributed by atoms with E-state index in [0.29, 0.717) is 6.54 Å². The number of aromatic nitrogens is 5. The standard InChI is InChI=1S/C17H25N7OS/c1-13-4-8-22(9-5-13)11-15-19-20-21-24(15)12-16(25)23-7-2-3-14(23)17-18-6-10-26-17/h6,10,13-14H,2-5,7-9,11-12H2,1H3/t14-/m0/s1. The molecule has 140 valence electrons. The molecule has 8 nitrogen and oxygen atoms in total. The van der Waals surface area contributed by atoms with Crippen LogP contribution >= 0.6 is 11.3 Å². The Balaban J connectivity index is 1.40. The number of rotatable bonds is 5. The minimum absolute atomic E-state index is 0.0727. The van der Waals surface area contributed by atoms with E-state index in [1.807, 2.05) is 10.3 Å². The van der Waals surface area contributed by atoms with Crippen molar-refractivity contribution in [3.8, 4) is 0 Å². The molecule has 0 aromatic carbocycles. The lowest BCUT2D eigenvalue weighted by atomic mass is 9.99. The van der Waals surface area contributed by atoms with Crippen LogP contribution in [0.5, 0.6) is 0 Å². The highest BCUT2D eigenvalue weighted by molar-refractivity contribution is 7.09. The highest BCUT2D eigenvalue weighted by atomic mass is 32.1. The summed E-state index contributed by atoms with van der Waals surface area (Å²) in [6.07, 6.45) is 6.23. The molecule has 1 amide bonds. The molecule has 4 heterocycles. The van der Waals surface area contributed by atoms with Gasteiger partial charge >= 0.3 is 0 Å². The zero-order chi connectivity index (χ0) is 17.9. The molecule has 2 aliphatic heterocycles. The zero-order valence-electron chi connectivity index (χ0n) is 15.1. The molecule has 0 spiro atoms. The van der Waals surface area contributed by atoms with Crippen LogP contribution in [0.15, 0.2) is 11.6 Å². The van der Waals surface area contributed by atoms with Crippen molar-refractivity contribution in [1.82, 2.24) is 35.0 Å². The van der Waals surface area contributed by atoms with Crippen molar-refractivity contribution in [3.05, 3.63) is 22.4 Å². The van der Waals surface area contributed by atoms with Crippen molar-refractivity contribution in [1.29, 1.82) is 0 Å². The molecular formula is C17H25N7OS. The third-order valence-electron chi connectivity index (χ3n) is 5.44. The van der Waals surface area contributed by atoms with Gasteiger partial charge in [-0.25, -0.2) is 9.67 Å². The van der Waals surface area contributed by atoms with Crippen molar-refractivity contribution < 1.29 is 4.79 Å². The molecule has 0 unspecified atom stereocenters. The van der Waals surface area contributed by atoms with Crippen LogP contribution in [0.25, 0.3) is 0 Å². The monoisotopic (exact) mass is 375 g/mol. The van der Waals surface area contributed by atoms with Gasteiger partial charge in [-0.2, -0.15) is 0 Å². The topological polar surface area (TPSA) is 80.0 Å². The second kappa shape index (κ2) is 7.79. The molecule has 26 heavy (non-hydrogen) atoms. The molecule has 2 saturated heterocycles. The lowest BCUT2D eigenvalue weighted by Gasteiger charge is -2.29. The summed E-state index contributed by atoms with van der Waals surface area (Å²) in [7, 11) is 0. The maximum Gasteiger partial charge on any atom is 0.245 e. The van der Waals surface area contributed by atoms with E-state index < -0.39 is 0 Å². The number of hydrogen-bond acceptors (Lipinski definition) is 7. The predicted molar refractivity (Wildman–Crippen MR) is 97.3 cm³/mol. The fraction of sp³-hybridized carbons (Fsp3) is 0.706. The lowest BCUT2D eigenvalue weighted by Crippen LogP contribution is -2.36. The van der Waals surface area contributed by atoms with Gasteiger partial charge in [0, 0.05) is 18.1 Å². The number of hydrogen-bond donors (Lipinski definition) is 0. The van der Waals surface area contributed by atoms with E-state index in [0.717, 1.165) is 49.2 Å². The van der Waals surface area contributed by atoms with Crippen molar-refractivity contribution in [2.75, 3.05) is 19.6 Å². The van der Waals surface area contributed by atoms with E-state index in [4.69, 9.17) is 0 Å². The molecule has 0 N–H and O–H groups in total. The smallest absolute Gasteiger partial charge is 0.245 e. The molecule has 1 atom stereocenters. The Morgan fingerprint density at radius 1 is 1.27 bits per heavy atom. The number of carbonyl (C=O) groups excluding carboxylic acids is 1. The largest absolute Gasteiger partial charge is 0.332 e. The number of amides is 1. The molecule has 2 aromatic rings. The number of likely N-dealkylation sites (tertiary alicyclic amines) is 2. The first kappa shape index (κ1) is 17.5. The molecule has 4 rings (SSSR count). The quantitative estimate of drug-likeness (QED) is 0.792. The summed E-state index contributed by atoms with van der Waals surface area (Å²) < 4.78 is 1.66. The Hall–Kier alpha value is -1.87. The first-order valence-electron chi connectivity index (χ1n) is 9.37. The molecule has 9 heteroatoms. The minimum Gasteiger partial charge on any atom is -0.332 e. The van der Waals surface area contributed by atoms with Gasteiger partial charge < -0.3 is 4.90 Å². The molecule has 0 saturated carbocycles. The number of piperidine rings is 1. The van der Waals surface area contributed by atoms with Crippen LogP contribution in [0.1, 0.15) is 49.5 Å². The van der Waals surface area contributed by atoms with Gasteiger partial charge in [0.05, 0.1) is 12.6 Å². The Labute approximate surface area is 157 Å². The van der Waals surface area contributed by atoms with Crippen molar-refractivity contribution >= 4 is 17.2 Å². The van der Waals surface area contributed by atoms with Crippen molar-refractivity contribution in [3.63, 3.8) is 0 Å². The fourth-order valence-corrected chi connectivity index (χ4v) is 4.60. The summed E-state index contributed by atoms with van der Waals surface area (Å²) in [6, 6.07) is 0.103. The van der Waals surface area contributed by atoms with Gasteiger partial charge in [-0.3, -0.25) is 9.69 Å². The second-order valence-electron chi connectivity index (χ2n) is 7.33. The van der Waals surface area contributed by atoms with Gasteiger partial charge in [0.25, 0.3) is 0 Å². The molecular weight excluding hydrogens is 350 g/mol. The van der Waals surface area contributed by atoms with Crippen LogP contribution < -0.4 is 0 Å². The van der Waals surface area contributed by atoms with E-state index in [1.54, 1.807) is 22.2 Å². The minimum atomic E-state index is 0.0727. The summed E-state index contributed by atoms with van der Waals surface area (Å²) >= 11 is 1.62. The van der Waals surface area contributed by atoms with Gasteiger partial charge in [0.2, 0.25) is 5.91 Å². The normalized spacial score (nSPS) is 22.2.